The third-order valence-electron chi connectivity index (χ3n) is 5.76. The molecule has 0 bridgehead atoms. The Morgan fingerprint density at radius 2 is 2.21 bits per heavy atom. The van der Waals surface area contributed by atoms with E-state index in [1.165, 1.54) is 6.33 Å². The Hall–Kier alpha value is -3.27. The van der Waals surface area contributed by atoms with Crippen LogP contribution in [0, 0.1) is 6.92 Å². The summed E-state index contributed by atoms with van der Waals surface area (Å²) in [5.74, 6) is 2.34. The van der Waals surface area contributed by atoms with Crippen molar-refractivity contribution in [3.63, 3.8) is 0 Å². The van der Waals surface area contributed by atoms with E-state index in [4.69, 9.17) is 14.7 Å². The Morgan fingerprint density at radius 3 is 3.07 bits per heavy atom. The molecule has 0 radical (unpaired) electrons. The van der Waals surface area contributed by atoms with Crippen LogP contribution in [0.2, 0.25) is 0 Å². The molecule has 6 heterocycles. The summed E-state index contributed by atoms with van der Waals surface area (Å²) in [4.78, 5) is 22.6. The van der Waals surface area contributed by atoms with Crippen LogP contribution in [0.3, 0.4) is 0 Å². The molecule has 1 atom stereocenters. The molecule has 3 aromatic rings. The summed E-state index contributed by atoms with van der Waals surface area (Å²) in [5.41, 5.74) is 3.57. The minimum Gasteiger partial charge on any atom is -0.379 e. The second-order valence-corrected chi connectivity index (χ2v) is 7.50. The Bertz CT molecular complexity index is 1130. The maximum atomic E-state index is 5.71. The molecule has 0 amide bonds. The van der Waals surface area contributed by atoms with E-state index in [-0.39, 0.29) is 5.54 Å². The van der Waals surface area contributed by atoms with Crippen molar-refractivity contribution < 1.29 is 4.74 Å². The second-order valence-electron chi connectivity index (χ2n) is 7.50. The fourth-order valence-electron chi connectivity index (χ4n) is 4.19. The molecule has 3 aromatic heterocycles. The Kier molecular flexibility index (Phi) is 3.03. The minimum absolute atomic E-state index is 0.129. The monoisotopic (exact) mass is 377 g/mol. The molecule has 28 heavy (non-hydrogen) atoms. The molecule has 1 fully saturated rings. The van der Waals surface area contributed by atoms with E-state index in [1.807, 2.05) is 32.4 Å². The number of aromatic nitrogens is 5. The molecular formula is C18H19N9O. The van der Waals surface area contributed by atoms with E-state index in [2.05, 4.69) is 30.2 Å². The Balaban J connectivity index is 1.40. The molecule has 1 unspecified atom stereocenters. The quantitative estimate of drug-likeness (QED) is 0.715. The highest BCUT2D eigenvalue weighted by atomic mass is 16.5. The largest absolute Gasteiger partial charge is 0.379 e. The lowest BCUT2D eigenvalue weighted by molar-refractivity contribution is 0.181. The molecular weight excluding hydrogens is 358 g/mol. The molecule has 3 aliphatic rings. The zero-order valence-corrected chi connectivity index (χ0v) is 15.6. The van der Waals surface area contributed by atoms with E-state index in [0.29, 0.717) is 12.6 Å². The first-order valence-electron chi connectivity index (χ1n) is 9.25. The van der Waals surface area contributed by atoms with Crippen LogP contribution in [-0.4, -0.2) is 62.9 Å². The van der Waals surface area contributed by atoms with Gasteiger partial charge in [-0.1, -0.05) is 0 Å². The number of nitrogens with one attached hydrogen (secondary N) is 1. The number of fused-ring (bicyclic) bond motifs is 5. The van der Waals surface area contributed by atoms with Gasteiger partial charge in [-0.15, -0.1) is 0 Å². The lowest BCUT2D eigenvalue weighted by Crippen LogP contribution is -2.51. The van der Waals surface area contributed by atoms with Gasteiger partial charge in [-0.05, 0) is 25.0 Å². The van der Waals surface area contributed by atoms with Crippen molar-refractivity contribution in [3.8, 4) is 0 Å². The van der Waals surface area contributed by atoms with Crippen molar-refractivity contribution in [2.24, 2.45) is 4.99 Å². The summed E-state index contributed by atoms with van der Waals surface area (Å²) in [6, 6.07) is 1.98. The zero-order valence-electron chi connectivity index (χ0n) is 15.6. The fourth-order valence-corrected chi connectivity index (χ4v) is 4.19. The molecule has 10 nitrogen and oxygen atoms in total. The molecule has 1 spiro atoms. The summed E-state index contributed by atoms with van der Waals surface area (Å²) in [7, 11) is 2.01. The van der Waals surface area contributed by atoms with E-state index in [1.54, 1.807) is 4.52 Å². The maximum absolute atomic E-state index is 5.71. The van der Waals surface area contributed by atoms with Gasteiger partial charge in [-0.25, -0.2) is 19.5 Å². The topological polar surface area (TPSA) is 96.1 Å². The SMILES string of the molecule is Cc1cc2ncnn2cc1Nc1ncc2c(n1)N1C(=NCC13CCOC3)N2C. The molecule has 0 saturated carbocycles. The number of ether oxygens (including phenoxy) is 1. The van der Waals surface area contributed by atoms with E-state index in [9.17, 15) is 0 Å². The highest BCUT2D eigenvalue weighted by molar-refractivity contribution is 6.17. The van der Waals surface area contributed by atoms with Gasteiger partial charge in [0.15, 0.2) is 11.5 Å². The van der Waals surface area contributed by atoms with Crippen LogP contribution in [0.1, 0.15) is 12.0 Å². The van der Waals surface area contributed by atoms with Gasteiger partial charge in [-0.3, -0.25) is 4.90 Å². The van der Waals surface area contributed by atoms with Crippen molar-refractivity contribution in [1.82, 2.24) is 24.6 Å². The van der Waals surface area contributed by atoms with Crippen LogP contribution in [0.4, 0.5) is 23.1 Å². The van der Waals surface area contributed by atoms with Crippen LogP contribution in [-0.2, 0) is 4.74 Å². The third-order valence-corrected chi connectivity index (χ3v) is 5.76. The summed E-state index contributed by atoms with van der Waals surface area (Å²) in [6.07, 6.45) is 6.23. The number of aryl methyl sites for hydroxylation is 1. The lowest BCUT2D eigenvalue weighted by atomic mass is 9.98. The fraction of sp³-hybridized carbons (Fsp3) is 0.389. The van der Waals surface area contributed by atoms with Gasteiger partial charge in [0.2, 0.25) is 11.9 Å². The van der Waals surface area contributed by atoms with Gasteiger partial charge in [0, 0.05) is 13.7 Å². The van der Waals surface area contributed by atoms with Crippen LogP contribution in [0.25, 0.3) is 5.65 Å². The number of aliphatic imine (C=N–C) groups is 1. The van der Waals surface area contributed by atoms with Crippen molar-refractivity contribution in [2.75, 3.05) is 41.9 Å². The van der Waals surface area contributed by atoms with Crippen LogP contribution in [0.5, 0.6) is 0 Å². The minimum atomic E-state index is -0.129. The average molecular weight is 377 g/mol. The standard InChI is InChI=1S/C18H19N9O/c1-11-5-14-21-10-22-26(14)7-12(11)23-16-19-6-13-15(24-16)27-17(25(13)2)20-8-18(27)3-4-28-9-18/h5-7,10H,3-4,8-9H2,1-2H3,(H,19,23,24). The van der Waals surface area contributed by atoms with Gasteiger partial charge in [-0.2, -0.15) is 10.1 Å². The Labute approximate surface area is 160 Å². The number of hydrogen-bond donors (Lipinski definition) is 1. The van der Waals surface area contributed by atoms with Gasteiger partial charge in [0.25, 0.3) is 0 Å². The average Bonchev–Trinajstić information content (AvgIpc) is 3.45. The highest BCUT2D eigenvalue weighted by Crippen LogP contribution is 2.45. The number of pyridine rings is 1. The molecule has 1 N–H and O–H groups in total. The summed E-state index contributed by atoms with van der Waals surface area (Å²) >= 11 is 0. The molecule has 3 aliphatic heterocycles. The molecule has 1 saturated heterocycles. The number of guanidine groups is 1. The number of anilines is 4. The summed E-state index contributed by atoms with van der Waals surface area (Å²) in [6.45, 7) is 4.18. The van der Waals surface area contributed by atoms with Gasteiger partial charge >= 0.3 is 0 Å². The van der Waals surface area contributed by atoms with Crippen molar-refractivity contribution >= 4 is 34.7 Å². The van der Waals surface area contributed by atoms with E-state index < -0.39 is 0 Å². The van der Waals surface area contributed by atoms with Crippen molar-refractivity contribution in [1.29, 1.82) is 0 Å². The van der Waals surface area contributed by atoms with Crippen molar-refractivity contribution in [3.05, 3.63) is 30.4 Å². The van der Waals surface area contributed by atoms with E-state index >= 15 is 0 Å². The first kappa shape index (κ1) is 15.8. The first-order chi connectivity index (χ1) is 13.6. The zero-order chi connectivity index (χ0) is 18.9. The smallest absolute Gasteiger partial charge is 0.229 e. The van der Waals surface area contributed by atoms with Gasteiger partial charge in [0.05, 0.1) is 36.8 Å². The number of nitrogens with zero attached hydrogens (tertiary/aromatic N) is 8. The molecule has 10 heteroatoms. The second kappa shape index (κ2) is 5.38. The molecule has 0 aliphatic carbocycles. The van der Waals surface area contributed by atoms with Crippen LogP contribution >= 0.6 is 0 Å². The van der Waals surface area contributed by atoms with E-state index in [0.717, 1.165) is 53.9 Å². The van der Waals surface area contributed by atoms with Crippen LogP contribution < -0.4 is 15.1 Å². The predicted molar refractivity (Wildman–Crippen MR) is 104 cm³/mol. The van der Waals surface area contributed by atoms with Crippen molar-refractivity contribution in [2.45, 2.75) is 18.9 Å². The Morgan fingerprint density at radius 1 is 1.29 bits per heavy atom. The van der Waals surface area contributed by atoms with Gasteiger partial charge in [0.1, 0.15) is 12.0 Å². The predicted octanol–water partition coefficient (Wildman–Crippen LogP) is 1.36. The molecule has 6 rings (SSSR count). The molecule has 142 valence electrons. The van der Waals surface area contributed by atoms with Crippen LogP contribution in [0.15, 0.2) is 29.8 Å². The summed E-state index contributed by atoms with van der Waals surface area (Å²) in [5, 5.41) is 7.53. The number of rotatable bonds is 2. The number of hydrogen-bond acceptors (Lipinski definition) is 9. The first-order valence-corrected chi connectivity index (χ1v) is 9.25. The summed E-state index contributed by atoms with van der Waals surface area (Å²) < 4.78 is 7.44. The normalized spacial score (nSPS) is 22.9. The third kappa shape index (κ3) is 2.03. The highest BCUT2D eigenvalue weighted by Gasteiger charge is 2.52. The lowest BCUT2D eigenvalue weighted by Gasteiger charge is -2.31. The van der Waals surface area contributed by atoms with Gasteiger partial charge < -0.3 is 15.0 Å². The molecule has 0 aromatic carbocycles. The maximum Gasteiger partial charge on any atom is 0.229 e.